The highest BCUT2D eigenvalue weighted by molar-refractivity contribution is 6.30. The van der Waals surface area contributed by atoms with E-state index in [0.29, 0.717) is 36.5 Å². The highest BCUT2D eigenvalue weighted by Crippen LogP contribution is 2.37. The molecule has 2 aliphatic heterocycles. The second-order valence-electron chi connectivity index (χ2n) is 10.9. The van der Waals surface area contributed by atoms with Crippen molar-refractivity contribution in [3.05, 3.63) is 77.5 Å². The number of fused-ring (bicyclic) bond motifs is 4. The molecule has 2 atom stereocenters. The molecule has 216 valence electrons. The lowest BCUT2D eigenvalue weighted by molar-refractivity contribution is -0.129. The van der Waals surface area contributed by atoms with Crippen molar-refractivity contribution in [1.29, 1.82) is 0 Å². The molecule has 0 fully saturated rings. The minimum atomic E-state index is -0.231. The largest absolute Gasteiger partial charge is 0.330 e. The van der Waals surface area contributed by atoms with Crippen LogP contribution in [0, 0.1) is 5.92 Å². The maximum atomic E-state index is 13.8. The Balaban J connectivity index is 1.37. The highest BCUT2D eigenvalue weighted by atomic mass is 35.5. The summed E-state index contributed by atoms with van der Waals surface area (Å²) < 4.78 is 3.61. The maximum Gasteiger partial charge on any atom is 0.247 e. The van der Waals surface area contributed by atoms with Gasteiger partial charge in [-0.3, -0.25) is 19.3 Å². The summed E-state index contributed by atoms with van der Waals surface area (Å²) >= 11 is 6.38. The zero-order valence-electron chi connectivity index (χ0n) is 23.7. The van der Waals surface area contributed by atoms with Gasteiger partial charge in [-0.15, -0.1) is 5.10 Å². The molecule has 1 N–H and O–H groups in total. The van der Waals surface area contributed by atoms with Crippen LogP contribution in [0.15, 0.2) is 61.2 Å². The van der Waals surface area contributed by atoms with Crippen LogP contribution in [-0.4, -0.2) is 53.0 Å². The Bertz CT molecular complexity index is 1640. The van der Waals surface area contributed by atoms with E-state index in [-0.39, 0.29) is 23.8 Å². The van der Waals surface area contributed by atoms with Crippen molar-refractivity contribution in [2.45, 2.75) is 58.5 Å². The van der Waals surface area contributed by atoms with Gasteiger partial charge in [0, 0.05) is 47.4 Å². The first kappa shape index (κ1) is 27.8. The Morgan fingerprint density at radius 3 is 2.79 bits per heavy atom. The Kier molecular flexibility index (Phi) is 7.88. The fraction of sp³-hybridized carbons (Fsp3) is 0.355. The summed E-state index contributed by atoms with van der Waals surface area (Å²) in [7, 11) is 0. The van der Waals surface area contributed by atoms with Crippen LogP contribution in [0.4, 0.5) is 5.69 Å². The van der Waals surface area contributed by atoms with E-state index in [1.807, 2.05) is 46.8 Å². The molecular formula is C31H33ClN8O2. The van der Waals surface area contributed by atoms with Crippen molar-refractivity contribution in [2.75, 3.05) is 11.9 Å². The number of amides is 2. The van der Waals surface area contributed by atoms with Gasteiger partial charge in [0.1, 0.15) is 0 Å². The van der Waals surface area contributed by atoms with E-state index in [4.69, 9.17) is 16.6 Å². The number of benzene rings is 1. The second kappa shape index (κ2) is 11.9. The average molecular weight is 585 g/mol. The van der Waals surface area contributed by atoms with Crippen LogP contribution in [0.25, 0.3) is 22.5 Å². The summed E-state index contributed by atoms with van der Waals surface area (Å²) in [6, 6.07) is 9.32. The Morgan fingerprint density at radius 1 is 1.12 bits per heavy atom. The number of halogens is 1. The number of rotatable bonds is 5. The SMILES string of the molecule is CCCn1ncc2c1-c1ccnc(c1)C(N1CCC(c3cc(Cl)ccc3-n3ccnn3)=CC1=O)CCC[C@@H](C)C(=O)N2. The van der Waals surface area contributed by atoms with Crippen LogP contribution in [0.2, 0.25) is 5.02 Å². The van der Waals surface area contributed by atoms with Crippen LogP contribution >= 0.6 is 11.6 Å². The van der Waals surface area contributed by atoms with Crippen molar-refractivity contribution in [2.24, 2.45) is 5.92 Å². The molecular weight excluding hydrogens is 552 g/mol. The third-order valence-electron chi connectivity index (χ3n) is 8.04. The summed E-state index contributed by atoms with van der Waals surface area (Å²) in [5, 5.41) is 16.3. The highest BCUT2D eigenvalue weighted by Gasteiger charge is 2.31. The van der Waals surface area contributed by atoms with Gasteiger partial charge in [0.2, 0.25) is 11.8 Å². The molecule has 5 heterocycles. The van der Waals surface area contributed by atoms with Crippen LogP contribution in [0.1, 0.15) is 63.3 Å². The molecule has 10 nitrogen and oxygen atoms in total. The van der Waals surface area contributed by atoms with Crippen LogP contribution in [0.3, 0.4) is 0 Å². The van der Waals surface area contributed by atoms with Crippen molar-refractivity contribution >= 4 is 34.7 Å². The lowest BCUT2D eigenvalue weighted by Gasteiger charge is -2.34. The molecule has 2 aliphatic rings. The Hall–Kier alpha value is -4.31. The number of anilines is 1. The normalized spacial score (nSPS) is 19.4. The minimum Gasteiger partial charge on any atom is -0.330 e. The van der Waals surface area contributed by atoms with Gasteiger partial charge < -0.3 is 10.2 Å². The summed E-state index contributed by atoms with van der Waals surface area (Å²) in [6.45, 7) is 5.29. The molecule has 2 bridgehead atoms. The first-order valence-electron chi connectivity index (χ1n) is 14.4. The molecule has 0 radical (unpaired) electrons. The van der Waals surface area contributed by atoms with Gasteiger partial charge >= 0.3 is 0 Å². The Labute approximate surface area is 249 Å². The fourth-order valence-electron chi connectivity index (χ4n) is 5.89. The molecule has 3 aromatic heterocycles. The van der Waals surface area contributed by atoms with Gasteiger partial charge in [0.25, 0.3) is 0 Å². The molecule has 11 heteroatoms. The number of nitrogens with one attached hydrogen (secondary N) is 1. The maximum absolute atomic E-state index is 13.8. The standard InChI is InChI=1S/C31H33ClN8O2/c1-3-13-40-30-22-9-11-33-25(16-22)28(6-4-5-20(2)31(42)36-26(30)19-35-40)38-14-10-21(17-29(38)41)24-18-23(32)7-8-27(24)39-15-12-34-37-39/h7-9,11-12,15-20,28H,3-6,10,13-14H2,1-2H3,(H,36,42)/t20-,28?/m1/s1. The van der Waals surface area contributed by atoms with E-state index in [0.717, 1.165) is 53.2 Å². The van der Waals surface area contributed by atoms with Gasteiger partial charge in [-0.25, -0.2) is 4.68 Å². The molecule has 0 saturated carbocycles. The first-order chi connectivity index (χ1) is 20.4. The topological polar surface area (TPSA) is 111 Å². The van der Waals surface area contributed by atoms with Gasteiger partial charge in [-0.05, 0) is 61.6 Å². The Morgan fingerprint density at radius 2 is 2.00 bits per heavy atom. The van der Waals surface area contributed by atoms with E-state index in [1.54, 1.807) is 35.5 Å². The quantitative estimate of drug-likeness (QED) is 0.322. The first-order valence-corrected chi connectivity index (χ1v) is 14.8. The minimum absolute atomic E-state index is 0.0231. The number of aryl methyl sites for hydroxylation is 1. The smallest absolute Gasteiger partial charge is 0.247 e. The number of aromatic nitrogens is 6. The van der Waals surface area contributed by atoms with Gasteiger partial charge in [0.05, 0.1) is 47.4 Å². The molecule has 0 aliphatic carbocycles. The fourth-order valence-corrected chi connectivity index (χ4v) is 6.06. The molecule has 1 unspecified atom stereocenters. The average Bonchev–Trinajstić information content (AvgIpc) is 3.66. The van der Waals surface area contributed by atoms with E-state index >= 15 is 0 Å². The summed E-state index contributed by atoms with van der Waals surface area (Å²) in [5.41, 5.74) is 5.87. The van der Waals surface area contributed by atoms with E-state index in [1.165, 1.54) is 0 Å². The summed E-state index contributed by atoms with van der Waals surface area (Å²) in [4.78, 5) is 33.6. The summed E-state index contributed by atoms with van der Waals surface area (Å²) in [6.07, 6.45) is 12.3. The third kappa shape index (κ3) is 5.46. The van der Waals surface area contributed by atoms with Crippen LogP contribution in [0.5, 0.6) is 0 Å². The van der Waals surface area contributed by atoms with E-state index in [9.17, 15) is 9.59 Å². The molecule has 2 amide bonds. The number of carbonyl (C=O) groups is 2. The third-order valence-corrected chi connectivity index (χ3v) is 8.28. The second-order valence-corrected chi connectivity index (χ2v) is 11.3. The lowest BCUT2D eigenvalue weighted by Crippen LogP contribution is -2.38. The predicted molar refractivity (Wildman–Crippen MR) is 161 cm³/mol. The number of carbonyl (C=O) groups excluding carboxylic acids is 2. The number of hydrogen-bond acceptors (Lipinski definition) is 6. The van der Waals surface area contributed by atoms with Crippen molar-refractivity contribution in [3.63, 3.8) is 0 Å². The molecule has 6 rings (SSSR count). The molecule has 42 heavy (non-hydrogen) atoms. The van der Waals surface area contributed by atoms with Crippen LogP contribution in [-0.2, 0) is 16.1 Å². The lowest BCUT2D eigenvalue weighted by atomic mass is 9.93. The van der Waals surface area contributed by atoms with Crippen molar-refractivity contribution in [3.8, 4) is 16.9 Å². The molecule has 4 aromatic rings. The molecule has 1 aromatic carbocycles. The number of pyridine rings is 1. The van der Waals surface area contributed by atoms with Crippen LogP contribution < -0.4 is 5.32 Å². The number of hydrogen-bond donors (Lipinski definition) is 1. The van der Waals surface area contributed by atoms with E-state index < -0.39 is 0 Å². The van der Waals surface area contributed by atoms with Crippen molar-refractivity contribution in [1.82, 2.24) is 34.7 Å². The van der Waals surface area contributed by atoms with Gasteiger partial charge in [0.15, 0.2) is 0 Å². The number of nitrogens with zero attached hydrogens (tertiary/aromatic N) is 7. The zero-order valence-corrected chi connectivity index (χ0v) is 24.5. The van der Waals surface area contributed by atoms with E-state index in [2.05, 4.69) is 27.7 Å². The molecule has 0 saturated heterocycles. The van der Waals surface area contributed by atoms with Gasteiger partial charge in [-0.1, -0.05) is 37.1 Å². The van der Waals surface area contributed by atoms with Gasteiger partial charge in [-0.2, -0.15) is 5.10 Å². The summed E-state index contributed by atoms with van der Waals surface area (Å²) in [5.74, 6) is -0.280. The predicted octanol–water partition coefficient (Wildman–Crippen LogP) is 5.70. The molecule has 0 spiro atoms. The van der Waals surface area contributed by atoms with Crippen molar-refractivity contribution < 1.29 is 9.59 Å². The monoisotopic (exact) mass is 584 g/mol. The zero-order chi connectivity index (χ0) is 29.2.